The lowest BCUT2D eigenvalue weighted by Gasteiger charge is -2.09. The predicted molar refractivity (Wildman–Crippen MR) is 67.4 cm³/mol. The number of aromatic nitrogens is 1. The highest BCUT2D eigenvalue weighted by molar-refractivity contribution is 6.29. The van der Waals surface area contributed by atoms with Crippen molar-refractivity contribution in [3.05, 3.63) is 28.5 Å². The third kappa shape index (κ3) is 4.32. The van der Waals surface area contributed by atoms with Gasteiger partial charge in [0.1, 0.15) is 5.15 Å². The molecule has 1 rings (SSSR count). The molecule has 94 valence electrons. The second-order valence-electron chi connectivity index (χ2n) is 4.09. The van der Waals surface area contributed by atoms with Crippen LogP contribution in [0.3, 0.4) is 0 Å². The summed E-state index contributed by atoms with van der Waals surface area (Å²) in [6, 6.07) is 3.28. The van der Waals surface area contributed by atoms with Crippen molar-refractivity contribution >= 4 is 17.5 Å². The highest BCUT2D eigenvalue weighted by atomic mass is 35.5. The van der Waals surface area contributed by atoms with Crippen molar-refractivity contribution in [2.75, 3.05) is 13.2 Å². The van der Waals surface area contributed by atoms with Crippen LogP contribution in [-0.2, 0) is 0 Å². The van der Waals surface area contributed by atoms with Crippen molar-refractivity contribution in [2.24, 2.45) is 0 Å². The summed E-state index contributed by atoms with van der Waals surface area (Å²) < 4.78 is 0. The monoisotopic (exact) mass is 256 g/mol. The van der Waals surface area contributed by atoms with Crippen LogP contribution in [0.5, 0.6) is 0 Å². The van der Waals surface area contributed by atoms with Gasteiger partial charge in [-0.2, -0.15) is 0 Å². The molecule has 0 aliphatic rings. The van der Waals surface area contributed by atoms with E-state index in [1.807, 2.05) is 13.8 Å². The lowest BCUT2D eigenvalue weighted by molar-refractivity contribution is 0.0951. The van der Waals surface area contributed by atoms with E-state index in [1.165, 1.54) is 0 Å². The number of rotatable bonds is 5. The Morgan fingerprint density at radius 1 is 1.53 bits per heavy atom. The van der Waals surface area contributed by atoms with Gasteiger partial charge in [-0.05, 0) is 24.5 Å². The van der Waals surface area contributed by atoms with E-state index >= 15 is 0 Å². The molecule has 2 N–H and O–H groups in total. The molecule has 0 atom stereocenters. The van der Waals surface area contributed by atoms with Crippen molar-refractivity contribution in [3.8, 4) is 0 Å². The Morgan fingerprint density at radius 2 is 2.24 bits per heavy atom. The van der Waals surface area contributed by atoms with Crippen LogP contribution in [0.25, 0.3) is 0 Å². The summed E-state index contributed by atoms with van der Waals surface area (Å²) in [7, 11) is 0. The number of nitrogens with zero attached hydrogens (tertiary/aromatic N) is 1. The Balaban J connectivity index is 2.79. The van der Waals surface area contributed by atoms with E-state index in [0.717, 1.165) is 5.69 Å². The van der Waals surface area contributed by atoms with Crippen molar-refractivity contribution < 1.29 is 9.90 Å². The molecule has 0 aliphatic heterocycles. The third-order valence-corrected chi connectivity index (χ3v) is 2.48. The fourth-order valence-electron chi connectivity index (χ4n) is 1.33. The van der Waals surface area contributed by atoms with E-state index in [0.29, 0.717) is 23.7 Å². The largest absolute Gasteiger partial charge is 0.396 e. The van der Waals surface area contributed by atoms with Crippen LogP contribution in [-0.4, -0.2) is 29.1 Å². The Labute approximate surface area is 106 Å². The molecule has 0 saturated carbocycles. The summed E-state index contributed by atoms with van der Waals surface area (Å²) in [6.45, 7) is 4.50. The SMILES string of the molecule is CC(C)c1cc(C(=O)NCCCO)cc(Cl)n1. The maximum atomic E-state index is 11.8. The van der Waals surface area contributed by atoms with Gasteiger partial charge >= 0.3 is 0 Å². The standard InChI is InChI=1S/C12H17ClN2O2/c1-8(2)10-6-9(7-11(13)15-10)12(17)14-4-3-5-16/h6-8,16H,3-5H2,1-2H3,(H,14,17). The molecule has 1 amide bonds. The molecule has 1 heterocycles. The fourth-order valence-corrected chi connectivity index (χ4v) is 1.54. The van der Waals surface area contributed by atoms with Gasteiger partial charge in [0.25, 0.3) is 5.91 Å². The quantitative estimate of drug-likeness (QED) is 0.625. The highest BCUT2D eigenvalue weighted by Crippen LogP contribution is 2.17. The molecule has 0 radical (unpaired) electrons. The summed E-state index contributed by atoms with van der Waals surface area (Å²) in [5.41, 5.74) is 1.30. The first-order valence-electron chi connectivity index (χ1n) is 5.61. The minimum absolute atomic E-state index is 0.0641. The molecular weight excluding hydrogens is 240 g/mol. The third-order valence-electron chi connectivity index (χ3n) is 2.29. The molecule has 0 aliphatic carbocycles. The zero-order valence-corrected chi connectivity index (χ0v) is 10.8. The van der Waals surface area contributed by atoms with E-state index in [1.54, 1.807) is 12.1 Å². The Kier molecular flexibility index (Phi) is 5.38. The lowest BCUT2D eigenvalue weighted by atomic mass is 10.1. The van der Waals surface area contributed by atoms with E-state index < -0.39 is 0 Å². The van der Waals surface area contributed by atoms with Crippen LogP contribution < -0.4 is 5.32 Å². The zero-order valence-electron chi connectivity index (χ0n) is 10.0. The normalized spacial score (nSPS) is 10.6. The van der Waals surface area contributed by atoms with Gasteiger partial charge in [0.05, 0.1) is 0 Å². The minimum atomic E-state index is -0.190. The fraction of sp³-hybridized carbons (Fsp3) is 0.500. The maximum absolute atomic E-state index is 11.8. The molecule has 0 aromatic carbocycles. The minimum Gasteiger partial charge on any atom is -0.396 e. The molecule has 1 aromatic rings. The highest BCUT2D eigenvalue weighted by Gasteiger charge is 2.10. The number of halogens is 1. The van der Waals surface area contributed by atoms with E-state index in [9.17, 15) is 4.79 Å². The molecule has 0 spiro atoms. The first-order chi connectivity index (χ1) is 8.04. The number of aliphatic hydroxyl groups is 1. The number of nitrogens with one attached hydrogen (secondary N) is 1. The predicted octanol–water partition coefficient (Wildman–Crippen LogP) is 1.97. The molecule has 0 saturated heterocycles. The van der Waals surface area contributed by atoms with Gasteiger partial charge in [-0.1, -0.05) is 25.4 Å². The van der Waals surface area contributed by atoms with Crippen LogP contribution in [0.2, 0.25) is 5.15 Å². The number of aliphatic hydroxyl groups excluding tert-OH is 1. The first-order valence-corrected chi connectivity index (χ1v) is 5.99. The Hall–Kier alpha value is -1.13. The Bertz CT molecular complexity index is 394. The molecule has 4 nitrogen and oxygen atoms in total. The first kappa shape index (κ1) is 13.9. The Morgan fingerprint density at radius 3 is 2.82 bits per heavy atom. The average molecular weight is 257 g/mol. The number of hydrogen-bond acceptors (Lipinski definition) is 3. The number of carbonyl (C=O) groups excluding carboxylic acids is 1. The number of pyridine rings is 1. The van der Waals surface area contributed by atoms with E-state index in [4.69, 9.17) is 16.7 Å². The summed E-state index contributed by atoms with van der Waals surface area (Å²) in [6.07, 6.45) is 0.543. The summed E-state index contributed by atoms with van der Waals surface area (Å²) in [4.78, 5) is 15.9. The second-order valence-corrected chi connectivity index (χ2v) is 4.48. The molecule has 1 aromatic heterocycles. The average Bonchev–Trinajstić information content (AvgIpc) is 2.28. The van der Waals surface area contributed by atoms with E-state index in [-0.39, 0.29) is 18.4 Å². The van der Waals surface area contributed by atoms with Gasteiger partial charge in [-0.15, -0.1) is 0 Å². The van der Waals surface area contributed by atoms with Crippen LogP contribution in [0.1, 0.15) is 42.2 Å². The van der Waals surface area contributed by atoms with Gasteiger partial charge in [0.15, 0.2) is 0 Å². The van der Waals surface area contributed by atoms with Crippen molar-refractivity contribution in [2.45, 2.75) is 26.2 Å². The molecule has 0 fully saturated rings. The summed E-state index contributed by atoms with van der Waals surface area (Å²) >= 11 is 5.87. The maximum Gasteiger partial charge on any atom is 0.251 e. The van der Waals surface area contributed by atoms with Gasteiger partial charge < -0.3 is 10.4 Å². The molecule has 17 heavy (non-hydrogen) atoms. The topological polar surface area (TPSA) is 62.2 Å². The van der Waals surface area contributed by atoms with Crippen molar-refractivity contribution in [1.82, 2.24) is 10.3 Å². The smallest absolute Gasteiger partial charge is 0.251 e. The van der Waals surface area contributed by atoms with Crippen LogP contribution in [0, 0.1) is 0 Å². The zero-order chi connectivity index (χ0) is 12.8. The number of carbonyl (C=O) groups is 1. The second kappa shape index (κ2) is 6.57. The van der Waals surface area contributed by atoms with Gasteiger partial charge in [0, 0.05) is 24.4 Å². The van der Waals surface area contributed by atoms with Crippen molar-refractivity contribution in [1.29, 1.82) is 0 Å². The van der Waals surface area contributed by atoms with Crippen molar-refractivity contribution in [3.63, 3.8) is 0 Å². The summed E-state index contributed by atoms with van der Waals surface area (Å²) in [5.74, 6) is 0.0299. The molecule has 5 heteroatoms. The number of hydrogen-bond donors (Lipinski definition) is 2. The van der Waals surface area contributed by atoms with Gasteiger partial charge in [-0.3, -0.25) is 4.79 Å². The molecule has 0 unspecified atom stereocenters. The van der Waals surface area contributed by atoms with Gasteiger partial charge in [0.2, 0.25) is 0 Å². The summed E-state index contributed by atoms with van der Waals surface area (Å²) in [5, 5.41) is 11.7. The molecule has 0 bridgehead atoms. The lowest BCUT2D eigenvalue weighted by Crippen LogP contribution is -2.25. The molecular formula is C12H17ClN2O2. The van der Waals surface area contributed by atoms with Gasteiger partial charge in [-0.25, -0.2) is 4.98 Å². The number of amides is 1. The van der Waals surface area contributed by atoms with E-state index in [2.05, 4.69) is 10.3 Å². The van der Waals surface area contributed by atoms with Crippen LogP contribution in [0.4, 0.5) is 0 Å². The van der Waals surface area contributed by atoms with Crippen LogP contribution in [0.15, 0.2) is 12.1 Å². The van der Waals surface area contributed by atoms with Crippen LogP contribution >= 0.6 is 11.6 Å².